The van der Waals surface area contributed by atoms with Crippen LogP contribution in [0.3, 0.4) is 0 Å². The van der Waals surface area contributed by atoms with Crippen LogP contribution in [0.2, 0.25) is 0 Å². The summed E-state index contributed by atoms with van der Waals surface area (Å²) in [7, 11) is -3.29. The first-order valence-corrected chi connectivity index (χ1v) is 8.48. The van der Waals surface area contributed by atoms with Crippen LogP contribution in [0.1, 0.15) is 19.8 Å². The summed E-state index contributed by atoms with van der Waals surface area (Å²) in [5.74, 6) is -1.11. The smallest absolute Gasteiger partial charge is 0.306 e. The number of carbonyl (C=O) groups is 1. The SMILES string of the molecule is CC1CC(C(=O)O)CCN1c1ccccc1S(C)(=O)=O. The minimum atomic E-state index is -3.29. The molecule has 1 aliphatic rings. The molecule has 110 valence electrons. The maximum atomic E-state index is 11.9. The van der Waals surface area contributed by atoms with E-state index >= 15 is 0 Å². The Kier molecular flexibility index (Phi) is 4.04. The van der Waals surface area contributed by atoms with Crippen molar-refractivity contribution in [1.29, 1.82) is 0 Å². The fourth-order valence-electron chi connectivity index (χ4n) is 2.76. The van der Waals surface area contributed by atoms with E-state index in [1.807, 2.05) is 11.8 Å². The highest BCUT2D eigenvalue weighted by Crippen LogP contribution is 2.32. The number of anilines is 1. The van der Waals surface area contributed by atoms with Crippen LogP contribution in [0.25, 0.3) is 0 Å². The third kappa shape index (κ3) is 2.95. The van der Waals surface area contributed by atoms with E-state index in [4.69, 9.17) is 5.11 Å². The van der Waals surface area contributed by atoms with Crippen LogP contribution in [-0.4, -0.2) is 38.3 Å². The molecule has 6 heteroatoms. The number of benzene rings is 1. The molecule has 1 saturated heterocycles. The Labute approximate surface area is 119 Å². The van der Waals surface area contributed by atoms with Crippen LogP contribution in [0.5, 0.6) is 0 Å². The van der Waals surface area contributed by atoms with Crippen molar-refractivity contribution < 1.29 is 18.3 Å². The van der Waals surface area contributed by atoms with Crippen molar-refractivity contribution in [1.82, 2.24) is 0 Å². The van der Waals surface area contributed by atoms with Crippen molar-refractivity contribution in [2.45, 2.75) is 30.7 Å². The molecule has 1 aromatic carbocycles. The van der Waals surface area contributed by atoms with Gasteiger partial charge < -0.3 is 10.0 Å². The van der Waals surface area contributed by atoms with Crippen molar-refractivity contribution in [2.75, 3.05) is 17.7 Å². The zero-order chi connectivity index (χ0) is 14.9. The van der Waals surface area contributed by atoms with Gasteiger partial charge in [-0.25, -0.2) is 8.42 Å². The Morgan fingerprint density at radius 1 is 1.35 bits per heavy atom. The molecule has 5 nitrogen and oxygen atoms in total. The first-order chi connectivity index (χ1) is 9.30. The third-order valence-electron chi connectivity index (χ3n) is 3.80. The molecule has 0 spiro atoms. The van der Waals surface area contributed by atoms with Crippen molar-refractivity contribution >= 4 is 21.5 Å². The Bertz CT molecular complexity index is 611. The Morgan fingerprint density at radius 3 is 2.55 bits per heavy atom. The Hall–Kier alpha value is -1.56. The normalized spacial score (nSPS) is 23.6. The monoisotopic (exact) mass is 297 g/mol. The molecule has 1 fully saturated rings. The van der Waals surface area contributed by atoms with Gasteiger partial charge in [0, 0.05) is 18.8 Å². The molecule has 0 radical (unpaired) electrons. The summed E-state index contributed by atoms with van der Waals surface area (Å²) in [6.45, 7) is 2.50. The van der Waals surface area contributed by atoms with Gasteiger partial charge in [-0.1, -0.05) is 12.1 Å². The summed E-state index contributed by atoms with van der Waals surface area (Å²) in [5, 5.41) is 9.08. The van der Waals surface area contributed by atoms with Crippen molar-refractivity contribution in [2.24, 2.45) is 5.92 Å². The molecule has 2 atom stereocenters. The lowest BCUT2D eigenvalue weighted by Gasteiger charge is -2.38. The first-order valence-electron chi connectivity index (χ1n) is 6.59. The third-order valence-corrected chi connectivity index (χ3v) is 4.94. The van der Waals surface area contributed by atoms with E-state index in [2.05, 4.69) is 0 Å². The van der Waals surface area contributed by atoms with Gasteiger partial charge in [0.15, 0.2) is 9.84 Å². The van der Waals surface area contributed by atoms with E-state index in [1.54, 1.807) is 24.3 Å². The highest BCUT2D eigenvalue weighted by Gasteiger charge is 2.31. The van der Waals surface area contributed by atoms with Crippen molar-refractivity contribution in [3.8, 4) is 0 Å². The maximum absolute atomic E-state index is 11.9. The van der Waals surface area contributed by atoms with E-state index in [-0.39, 0.29) is 12.0 Å². The zero-order valence-corrected chi connectivity index (χ0v) is 12.4. The minimum Gasteiger partial charge on any atom is -0.481 e. The average Bonchev–Trinajstić information content (AvgIpc) is 2.37. The molecule has 20 heavy (non-hydrogen) atoms. The molecule has 1 heterocycles. The molecule has 2 unspecified atom stereocenters. The minimum absolute atomic E-state index is 0.00718. The molecule has 0 amide bonds. The van der Waals surface area contributed by atoms with Gasteiger partial charge in [0.2, 0.25) is 0 Å². The lowest BCUT2D eigenvalue weighted by atomic mass is 9.91. The number of sulfone groups is 1. The number of piperidine rings is 1. The lowest BCUT2D eigenvalue weighted by molar-refractivity contribution is -0.142. The van der Waals surface area contributed by atoms with Crippen LogP contribution in [-0.2, 0) is 14.6 Å². The van der Waals surface area contributed by atoms with Gasteiger partial charge in [0.05, 0.1) is 16.5 Å². The summed E-state index contributed by atoms with van der Waals surface area (Å²) in [4.78, 5) is 13.4. The molecule has 1 aliphatic heterocycles. The zero-order valence-electron chi connectivity index (χ0n) is 11.6. The second-order valence-electron chi connectivity index (χ2n) is 5.34. The van der Waals surface area contributed by atoms with Gasteiger partial charge in [-0.05, 0) is 31.9 Å². The predicted octanol–water partition coefficient (Wildman–Crippen LogP) is 1.78. The van der Waals surface area contributed by atoms with Gasteiger partial charge >= 0.3 is 5.97 Å². The van der Waals surface area contributed by atoms with Crippen LogP contribution in [0.4, 0.5) is 5.69 Å². The van der Waals surface area contributed by atoms with E-state index in [0.717, 1.165) is 0 Å². The molecule has 0 aromatic heterocycles. The van der Waals surface area contributed by atoms with E-state index in [0.29, 0.717) is 30.0 Å². The number of aliphatic carboxylic acids is 1. The molecule has 0 bridgehead atoms. The fraction of sp³-hybridized carbons (Fsp3) is 0.500. The number of carboxylic acid groups (broad SMARTS) is 1. The average molecular weight is 297 g/mol. The topological polar surface area (TPSA) is 74.7 Å². The van der Waals surface area contributed by atoms with E-state index in [9.17, 15) is 13.2 Å². The quantitative estimate of drug-likeness (QED) is 0.920. The largest absolute Gasteiger partial charge is 0.481 e. The highest BCUT2D eigenvalue weighted by molar-refractivity contribution is 7.90. The molecule has 0 aliphatic carbocycles. The molecule has 0 saturated carbocycles. The molecule has 1 aromatic rings. The Morgan fingerprint density at radius 2 is 2.00 bits per heavy atom. The number of rotatable bonds is 3. The molecular weight excluding hydrogens is 278 g/mol. The van der Waals surface area contributed by atoms with Crippen LogP contribution in [0.15, 0.2) is 29.2 Å². The summed E-state index contributed by atoms with van der Waals surface area (Å²) in [6, 6.07) is 6.90. The maximum Gasteiger partial charge on any atom is 0.306 e. The summed E-state index contributed by atoms with van der Waals surface area (Å²) in [5.41, 5.74) is 0.673. The van der Waals surface area contributed by atoms with Crippen molar-refractivity contribution in [3.05, 3.63) is 24.3 Å². The van der Waals surface area contributed by atoms with Gasteiger partial charge in [-0.2, -0.15) is 0 Å². The fourth-order valence-corrected chi connectivity index (χ4v) is 3.65. The van der Waals surface area contributed by atoms with Gasteiger partial charge in [0.25, 0.3) is 0 Å². The van der Waals surface area contributed by atoms with Gasteiger partial charge in [-0.15, -0.1) is 0 Å². The summed E-state index contributed by atoms with van der Waals surface area (Å²) in [6.07, 6.45) is 2.27. The standard InChI is InChI=1S/C14H19NO4S/c1-10-9-11(14(16)17)7-8-15(10)12-5-3-4-6-13(12)20(2,18)19/h3-6,10-11H,7-9H2,1-2H3,(H,16,17). The lowest BCUT2D eigenvalue weighted by Crippen LogP contribution is -2.43. The van der Waals surface area contributed by atoms with Crippen molar-refractivity contribution in [3.63, 3.8) is 0 Å². The van der Waals surface area contributed by atoms with Gasteiger partial charge in [-0.3, -0.25) is 4.79 Å². The molecule has 2 rings (SSSR count). The summed E-state index contributed by atoms with van der Waals surface area (Å²) >= 11 is 0. The molecular formula is C14H19NO4S. The number of nitrogens with zero attached hydrogens (tertiary/aromatic N) is 1. The van der Waals surface area contributed by atoms with E-state index in [1.165, 1.54) is 6.26 Å². The summed E-state index contributed by atoms with van der Waals surface area (Å²) < 4.78 is 23.7. The number of carboxylic acids is 1. The number of hydrogen-bond donors (Lipinski definition) is 1. The number of hydrogen-bond acceptors (Lipinski definition) is 4. The second-order valence-corrected chi connectivity index (χ2v) is 7.33. The Balaban J connectivity index is 2.32. The van der Waals surface area contributed by atoms with Gasteiger partial charge in [0.1, 0.15) is 0 Å². The van der Waals surface area contributed by atoms with Crippen LogP contribution >= 0.6 is 0 Å². The van der Waals surface area contributed by atoms with Crippen LogP contribution in [0, 0.1) is 5.92 Å². The second kappa shape index (κ2) is 5.44. The first kappa shape index (κ1) is 14.8. The van der Waals surface area contributed by atoms with E-state index < -0.39 is 15.8 Å². The van der Waals surface area contributed by atoms with Crippen LogP contribution < -0.4 is 4.90 Å². The molecule has 1 N–H and O–H groups in total. The highest BCUT2D eigenvalue weighted by atomic mass is 32.2. The number of para-hydroxylation sites is 1. The predicted molar refractivity (Wildman–Crippen MR) is 76.7 cm³/mol.